The summed E-state index contributed by atoms with van der Waals surface area (Å²) < 4.78 is 27.6. The van der Waals surface area contributed by atoms with E-state index in [1.807, 2.05) is 0 Å². The number of hydrogen-bond donors (Lipinski definition) is 2. The number of rotatable bonds is 2. The van der Waals surface area contributed by atoms with Crippen LogP contribution in [0.15, 0.2) is 11.6 Å². The normalized spacial score (nSPS) is 16.9. The number of carbonyl (C=O) groups is 2. The molecule has 0 fully saturated rings. The Labute approximate surface area is 119 Å². The van der Waals surface area contributed by atoms with Crippen LogP contribution in [0.5, 0.6) is 0 Å². The Bertz CT molecular complexity index is 702. The molecule has 0 aromatic heterocycles. The highest BCUT2D eigenvalue weighted by Gasteiger charge is 2.45. The predicted octanol–water partition coefficient (Wildman–Crippen LogP) is 2.74. The van der Waals surface area contributed by atoms with Crippen molar-refractivity contribution in [1.82, 2.24) is 0 Å². The molecule has 21 heavy (non-hydrogen) atoms. The number of carboxylic acids is 1. The highest BCUT2D eigenvalue weighted by molar-refractivity contribution is 6.26. The smallest absolute Gasteiger partial charge is 0.343 e. The van der Waals surface area contributed by atoms with Crippen LogP contribution in [0.2, 0.25) is 0 Å². The molecule has 0 unspecified atom stereocenters. The van der Waals surface area contributed by atoms with E-state index in [-0.39, 0.29) is 23.1 Å². The van der Waals surface area contributed by atoms with E-state index < -0.39 is 40.1 Å². The minimum absolute atomic E-state index is 0.0488. The molecule has 0 amide bonds. The molecule has 6 heteroatoms. The maximum absolute atomic E-state index is 13.9. The first-order chi connectivity index (χ1) is 9.64. The maximum atomic E-state index is 13.9. The van der Waals surface area contributed by atoms with Gasteiger partial charge in [0, 0.05) is 11.1 Å². The number of aliphatic carboxylic acids is 1. The summed E-state index contributed by atoms with van der Waals surface area (Å²) in [5, 5.41) is 19.2. The lowest BCUT2D eigenvalue weighted by atomic mass is 9.69. The second-order valence-corrected chi connectivity index (χ2v) is 5.41. The quantitative estimate of drug-likeness (QED) is 0.823. The van der Waals surface area contributed by atoms with Crippen LogP contribution < -0.4 is 0 Å². The van der Waals surface area contributed by atoms with E-state index in [4.69, 9.17) is 5.11 Å². The van der Waals surface area contributed by atoms with Gasteiger partial charge in [-0.05, 0) is 31.9 Å². The fourth-order valence-electron chi connectivity index (χ4n) is 2.64. The Balaban J connectivity index is 3.00. The summed E-state index contributed by atoms with van der Waals surface area (Å²) in [5.41, 5.74) is -2.31. The Morgan fingerprint density at radius 3 is 2.38 bits per heavy atom. The average Bonchev–Trinajstić information content (AvgIpc) is 2.38. The van der Waals surface area contributed by atoms with Gasteiger partial charge in [-0.3, -0.25) is 4.79 Å². The van der Waals surface area contributed by atoms with Crippen molar-refractivity contribution in [3.8, 4) is 0 Å². The number of aliphatic hydroxyl groups is 1. The van der Waals surface area contributed by atoms with Gasteiger partial charge in [0.25, 0.3) is 0 Å². The van der Waals surface area contributed by atoms with Crippen molar-refractivity contribution in [2.45, 2.75) is 32.6 Å². The van der Waals surface area contributed by atoms with Crippen LogP contribution in [0.25, 0.3) is 5.76 Å². The van der Waals surface area contributed by atoms with Crippen LogP contribution in [0.4, 0.5) is 8.78 Å². The molecule has 2 N–H and O–H groups in total. The van der Waals surface area contributed by atoms with Gasteiger partial charge in [0.1, 0.15) is 11.3 Å². The molecule has 0 saturated carbocycles. The van der Waals surface area contributed by atoms with E-state index in [0.717, 1.165) is 6.07 Å². The van der Waals surface area contributed by atoms with Crippen LogP contribution in [-0.4, -0.2) is 22.0 Å². The van der Waals surface area contributed by atoms with Crippen molar-refractivity contribution in [1.29, 1.82) is 0 Å². The molecule has 0 heterocycles. The molecule has 1 aromatic carbocycles. The molecule has 0 aliphatic heterocycles. The second-order valence-electron chi connectivity index (χ2n) is 5.41. The topological polar surface area (TPSA) is 74.6 Å². The molecular formula is C15H14F2O4. The van der Waals surface area contributed by atoms with Gasteiger partial charge in [-0.2, -0.15) is 0 Å². The third-order valence-electron chi connectivity index (χ3n) is 3.83. The number of aliphatic hydroxyl groups excluding tert-OH is 1. The molecule has 1 aliphatic rings. The summed E-state index contributed by atoms with van der Waals surface area (Å²) in [6, 6.07) is 0.844. The van der Waals surface area contributed by atoms with Crippen molar-refractivity contribution in [2.75, 3.05) is 0 Å². The Morgan fingerprint density at radius 1 is 1.33 bits per heavy atom. The van der Waals surface area contributed by atoms with Gasteiger partial charge in [-0.25, -0.2) is 13.6 Å². The fourth-order valence-corrected chi connectivity index (χ4v) is 2.64. The summed E-state index contributed by atoms with van der Waals surface area (Å²) in [4.78, 5) is 23.5. The number of hydrogen-bond acceptors (Lipinski definition) is 3. The molecule has 0 saturated heterocycles. The van der Waals surface area contributed by atoms with E-state index in [9.17, 15) is 23.5 Å². The minimum atomic E-state index is -1.59. The van der Waals surface area contributed by atoms with Gasteiger partial charge in [0.05, 0.1) is 5.41 Å². The zero-order valence-electron chi connectivity index (χ0n) is 11.8. The number of halogens is 2. The molecule has 1 aromatic rings. The molecule has 2 rings (SSSR count). The third kappa shape index (κ3) is 1.93. The van der Waals surface area contributed by atoms with Crippen LogP contribution in [0.1, 0.15) is 37.5 Å². The number of benzene rings is 1. The lowest BCUT2D eigenvalue weighted by Crippen LogP contribution is -2.38. The van der Waals surface area contributed by atoms with E-state index in [1.54, 1.807) is 6.92 Å². The van der Waals surface area contributed by atoms with Crippen LogP contribution in [-0.2, 0) is 21.4 Å². The van der Waals surface area contributed by atoms with Crippen molar-refractivity contribution in [3.63, 3.8) is 0 Å². The average molecular weight is 296 g/mol. The molecular weight excluding hydrogens is 282 g/mol. The van der Waals surface area contributed by atoms with Crippen LogP contribution in [0, 0.1) is 11.6 Å². The summed E-state index contributed by atoms with van der Waals surface area (Å²) in [6.45, 7) is 4.38. The van der Waals surface area contributed by atoms with Gasteiger partial charge < -0.3 is 10.2 Å². The van der Waals surface area contributed by atoms with Gasteiger partial charge in [-0.15, -0.1) is 0 Å². The van der Waals surface area contributed by atoms with Crippen molar-refractivity contribution < 1.29 is 28.6 Å². The van der Waals surface area contributed by atoms with Gasteiger partial charge in [0.15, 0.2) is 17.4 Å². The Morgan fingerprint density at radius 2 is 1.90 bits per heavy atom. The molecule has 0 spiro atoms. The summed E-state index contributed by atoms with van der Waals surface area (Å²) in [6.07, 6.45) is 0.0488. The number of fused-ring (bicyclic) bond motifs is 1. The fraction of sp³-hybridized carbons (Fsp3) is 0.333. The van der Waals surface area contributed by atoms with Crippen LogP contribution in [0.3, 0.4) is 0 Å². The standard InChI is InChI=1S/C15H14F2O4/c1-4-6-9-7(5-8(16)11(6)17)15(2,3)13(19)10(12(9)18)14(20)21/h5,18H,4H2,1-3H3,(H,20,21). The SMILES string of the molecule is CCc1c(F)c(F)cc2c1C(O)=C(C(=O)O)C(=O)C2(C)C. The number of carboxylic acid groups (broad SMARTS) is 1. The first-order valence-electron chi connectivity index (χ1n) is 6.37. The second kappa shape index (κ2) is 4.65. The van der Waals surface area contributed by atoms with E-state index in [1.165, 1.54) is 13.8 Å². The number of carbonyl (C=O) groups excluding carboxylic acids is 1. The third-order valence-corrected chi connectivity index (χ3v) is 3.83. The van der Waals surface area contributed by atoms with Crippen molar-refractivity contribution in [2.24, 2.45) is 0 Å². The molecule has 4 nitrogen and oxygen atoms in total. The highest BCUT2D eigenvalue weighted by Crippen LogP contribution is 2.42. The number of ketones is 1. The van der Waals surface area contributed by atoms with E-state index >= 15 is 0 Å². The molecule has 112 valence electrons. The monoisotopic (exact) mass is 296 g/mol. The first kappa shape index (κ1) is 15.2. The highest BCUT2D eigenvalue weighted by atomic mass is 19.2. The lowest BCUT2D eigenvalue weighted by Gasteiger charge is -2.32. The van der Waals surface area contributed by atoms with E-state index in [2.05, 4.69) is 0 Å². The summed E-state index contributed by atoms with van der Waals surface area (Å²) >= 11 is 0. The summed E-state index contributed by atoms with van der Waals surface area (Å²) in [7, 11) is 0. The Kier molecular flexibility index (Phi) is 3.35. The Hall–Kier alpha value is -2.24. The van der Waals surface area contributed by atoms with Crippen molar-refractivity contribution >= 4 is 17.5 Å². The van der Waals surface area contributed by atoms with Gasteiger partial charge >= 0.3 is 5.97 Å². The van der Waals surface area contributed by atoms with Gasteiger partial charge in [-0.1, -0.05) is 6.92 Å². The maximum Gasteiger partial charge on any atom is 0.343 e. The largest absolute Gasteiger partial charge is 0.506 e. The number of Topliss-reactive ketones (excluding diaryl/α,β-unsaturated/α-hetero) is 1. The lowest BCUT2D eigenvalue weighted by molar-refractivity contribution is -0.135. The first-order valence-corrected chi connectivity index (χ1v) is 6.37. The summed E-state index contributed by atoms with van der Waals surface area (Å²) in [5.74, 6) is -5.51. The molecule has 0 atom stereocenters. The zero-order chi connectivity index (χ0) is 16.1. The van der Waals surface area contributed by atoms with Crippen molar-refractivity contribution in [3.05, 3.63) is 40.0 Å². The minimum Gasteiger partial charge on any atom is -0.506 e. The molecule has 1 aliphatic carbocycles. The van der Waals surface area contributed by atoms with Gasteiger partial charge in [0.2, 0.25) is 0 Å². The van der Waals surface area contributed by atoms with Crippen LogP contribution >= 0.6 is 0 Å². The molecule has 0 radical (unpaired) electrons. The zero-order valence-corrected chi connectivity index (χ0v) is 11.8. The van der Waals surface area contributed by atoms with E-state index in [0.29, 0.717) is 0 Å². The predicted molar refractivity (Wildman–Crippen MR) is 71.0 cm³/mol. The molecule has 0 bridgehead atoms.